The molecule has 0 aliphatic heterocycles. The van der Waals surface area contributed by atoms with Crippen molar-refractivity contribution in [3.8, 4) is 6.07 Å². The zero-order valence-corrected chi connectivity index (χ0v) is 13.3. The molecule has 0 aliphatic rings. The number of aromatic nitrogens is 1. The topological polar surface area (TPSA) is 83.2 Å². The van der Waals surface area contributed by atoms with Gasteiger partial charge in [-0.1, -0.05) is 11.8 Å². The molecular formula is C14H13F3N2O3S. The standard InChI is InChI=1S/C14H13F3N2O3S/c1-4-22-13(21)11(8(3)20)23-12-9(6-18)10(14(15,16)17)5-7(2)19-12/h5,20H,4H2,1-3H3/b11-8+. The van der Waals surface area contributed by atoms with Crippen LogP contribution in [0.3, 0.4) is 0 Å². The fourth-order valence-electron chi connectivity index (χ4n) is 1.61. The van der Waals surface area contributed by atoms with Crippen molar-refractivity contribution >= 4 is 17.7 Å². The van der Waals surface area contributed by atoms with Crippen LogP contribution in [0, 0.1) is 18.3 Å². The summed E-state index contributed by atoms with van der Waals surface area (Å²) in [6, 6.07) is 2.21. The van der Waals surface area contributed by atoms with E-state index in [1.807, 2.05) is 0 Å². The first kappa shape index (κ1) is 18.8. The predicted molar refractivity (Wildman–Crippen MR) is 76.5 cm³/mol. The van der Waals surface area contributed by atoms with Gasteiger partial charge in [-0.3, -0.25) is 0 Å². The minimum Gasteiger partial charge on any atom is -0.511 e. The number of thioether (sulfide) groups is 1. The van der Waals surface area contributed by atoms with Crippen molar-refractivity contribution in [3.63, 3.8) is 0 Å². The number of carbonyl (C=O) groups is 1. The Hall–Kier alpha value is -2.21. The first-order chi connectivity index (χ1) is 10.6. The molecule has 1 heterocycles. The smallest absolute Gasteiger partial charge is 0.417 e. The summed E-state index contributed by atoms with van der Waals surface area (Å²) >= 11 is 0.462. The number of rotatable bonds is 4. The van der Waals surface area contributed by atoms with Crippen LogP contribution in [0.15, 0.2) is 21.8 Å². The highest BCUT2D eigenvalue weighted by molar-refractivity contribution is 8.04. The second kappa shape index (κ2) is 7.37. The number of hydrogen-bond acceptors (Lipinski definition) is 6. The van der Waals surface area contributed by atoms with Crippen LogP contribution in [0.5, 0.6) is 0 Å². The van der Waals surface area contributed by atoms with Crippen LogP contribution in [0.2, 0.25) is 0 Å². The molecule has 0 unspecified atom stereocenters. The summed E-state index contributed by atoms with van der Waals surface area (Å²) < 4.78 is 43.8. The Balaban J connectivity index is 3.44. The maximum atomic E-state index is 13.0. The number of pyridine rings is 1. The van der Waals surface area contributed by atoms with Gasteiger partial charge in [0.2, 0.25) is 0 Å². The van der Waals surface area contributed by atoms with Crippen molar-refractivity contribution in [2.75, 3.05) is 6.61 Å². The van der Waals surface area contributed by atoms with Gasteiger partial charge >= 0.3 is 12.1 Å². The summed E-state index contributed by atoms with van der Waals surface area (Å²) in [7, 11) is 0. The SMILES string of the molecule is CCOC(=O)/C(Sc1nc(C)cc(C(F)(F)F)c1C#N)=C(/C)O. The van der Waals surface area contributed by atoms with Crippen molar-refractivity contribution in [2.24, 2.45) is 0 Å². The number of aliphatic hydroxyl groups excluding tert-OH is 1. The highest BCUT2D eigenvalue weighted by Crippen LogP contribution is 2.38. The summed E-state index contributed by atoms with van der Waals surface area (Å²) in [6.45, 7) is 4.09. The van der Waals surface area contributed by atoms with E-state index in [-0.39, 0.29) is 22.2 Å². The van der Waals surface area contributed by atoms with E-state index in [4.69, 9.17) is 10.00 Å². The van der Waals surface area contributed by atoms with Crippen molar-refractivity contribution in [3.05, 3.63) is 33.6 Å². The van der Waals surface area contributed by atoms with E-state index >= 15 is 0 Å². The monoisotopic (exact) mass is 346 g/mol. The second-order valence-corrected chi connectivity index (χ2v) is 5.34. The quantitative estimate of drug-likeness (QED) is 0.387. The molecule has 0 aliphatic carbocycles. The molecule has 0 atom stereocenters. The van der Waals surface area contributed by atoms with Gasteiger partial charge in [0, 0.05) is 5.69 Å². The number of nitrogens with zero attached hydrogens (tertiary/aromatic N) is 2. The molecule has 0 saturated heterocycles. The van der Waals surface area contributed by atoms with E-state index in [1.165, 1.54) is 19.9 Å². The molecule has 0 bridgehead atoms. The lowest BCUT2D eigenvalue weighted by Crippen LogP contribution is -2.12. The average Bonchev–Trinajstić information content (AvgIpc) is 2.42. The van der Waals surface area contributed by atoms with Crippen molar-refractivity contribution in [1.82, 2.24) is 4.98 Å². The molecule has 1 aromatic heterocycles. The highest BCUT2D eigenvalue weighted by Gasteiger charge is 2.36. The van der Waals surface area contributed by atoms with Gasteiger partial charge in [-0.2, -0.15) is 18.4 Å². The van der Waals surface area contributed by atoms with Crippen LogP contribution >= 0.6 is 11.8 Å². The number of alkyl halides is 3. The lowest BCUT2D eigenvalue weighted by molar-refractivity contribution is -0.138. The number of halogens is 3. The molecule has 9 heteroatoms. The maximum Gasteiger partial charge on any atom is 0.417 e. The molecule has 0 fully saturated rings. The van der Waals surface area contributed by atoms with Crippen LogP contribution in [0.1, 0.15) is 30.7 Å². The zero-order valence-electron chi connectivity index (χ0n) is 12.5. The Bertz CT molecular complexity index is 690. The number of hydrogen-bond donors (Lipinski definition) is 1. The van der Waals surface area contributed by atoms with Gasteiger partial charge in [0.05, 0.1) is 17.7 Å². The third kappa shape index (κ3) is 4.63. The fourth-order valence-corrected chi connectivity index (χ4v) is 2.54. The molecule has 1 aromatic rings. The molecule has 1 N–H and O–H groups in total. The molecule has 5 nitrogen and oxygen atoms in total. The Morgan fingerprint density at radius 2 is 2.13 bits per heavy atom. The van der Waals surface area contributed by atoms with E-state index in [2.05, 4.69) is 4.98 Å². The second-order valence-electron chi connectivity index (χ2n) is 4.34. The van der Waals surface area contributed by atoms with Gasteiger partial charge in [-0.25, -0.2) is 9.78 Å². The van der Waals surface area contributed by atoms with E-state index < -0.39 is 29.0 Å². The van der Waals surface area contributed by atoms with Crippen LogP contribution in [-0.4, -0.2) is 22.7 Å². The summed E-state index contributed by atoms with van der Waals surface area (Å²) in [5.74, 6) is -1.34. The molecule has 0 amide bonds. The average molecular weight is 346 g/mol. The third-order valence-corrected chi connectivity index (χ3v) is 3.67. The van der Waals surface area contributed by atoms with Gasteiger partial charge in [0.1, 0.15) is 21.8 Å². The van der Waals surface area contributed by atoms with Crippen LogP contribution in [0.25, 0.3) is 0 Å². The Morgan fingerprint density at radius 3 is 2.57 bits per heavy atom. The van der Waals surface area contributed by atoms with E-state index in [0.717, 1.165) is 6.07 Å². The van der Waals surface area contributed by atoms with Crippen LogP contribution < -0.4 is 0 Å². The predicted octanol–water partition coefficient (Wildman–Crippen LogP) is 3.73. The van der Waals surface area contributed by atoms with E-state index in [0.29, 0.717) is 11.8 Å². The molecule has 23 heavy (non-hydrogen) atoms. The number of aryl methyl sites for hydroxylation is 1. The van der Waals surface area contributed by atoms with E-state index in [1.54, 1.807) is 6.92 Å². The molecule has 124 valence electrons. The minimum atomic E-state index is -4.74. The normalized spacial score (nSPS) is 12.4. The largest absolute Gasteiger partial charge is 0.511 e. The zero-order chi connectivity index (χ0) is 17.8. The first-order valence-corrected chi connectivity index (χ1v) is 7.17. The Morgan fingerprint density at radius 1 is 1.52 bits per heavy atom. The first-order valence-electron chi connectivity index (χ1n) is 6.35. The summed E-state index contributed by atoms with van der Waals surface area (Å²) in [4.78, 5) is 15.3. The molecule has 0 aromatic carbocycles. The van der Waals surface area contributed by atoms with Gasteiger partial charge < -0.3 is 9.84 Å². The third-order valence-electron chi connectivity index (χ3n) is 2.52. The number of carbonyl (C=O) groups excluding carboxylic acids is 1. The van der Waals surface area contributed by atoms with Gasteiger partial charge in [-0.05, 0) is 26.8 Å². The van der Waals surface area contributed by atoms with Crippen LogP contribution in [-0.2, 0) is 15.7 Å². The lowest BCUT2D eigenvalue weighted by Gasteiger charge is -2.13. The molecular weight excluding hydrogens is 333 g/mol. The minimum absolute atomic E-state index is 0.0241. The van der Waals surface area contributed by atoms with Gasteiger partial charge in [0.25, 0.3) is 0 Å². The number of esters is 1. The van der Waals surface area contributed by atoms with Gasteiger partial charge in [0.15, 0.2) is 0 Å². The summed E-state index contributed by atoms with van der Waals surface area (Å²) in [6.07, 6.45) is -4.74. The molecule has 0 spiro atoms. The number of aliphatic hydroxyl groups is 1. The number of allylic oxidation sites excluding steroid dienone is 1. The summed E-state index contributed by atoms with van der Waals surface area (Å²) in [5, 5.41) is 18.3. The van der Waals surface area contributed by atoms with Crippen molar-refractivity contribution in [2.45, 2.75) is 32.0 Å². The number of nitriles is 1. The van der Waals surface area contributed by atoms with Crippen molar-refractivity contribution in [1.29, 1.82) is 5.26 Å². The van der Waals surface area contributed by atoms with Crippen molar-refractivity contribution < 1.29 is 27.8 Å². The molecule has 0 saturated carbocycles. The Kier molecular flexibility index (Phi) is 6.04. The molecule has 1 rings (SSSR count). The lowest BCUT2D eigenvalue weighted by atomic mass is 10.1. The number of ether oxygens (including phenoxy) is 1. The van der Waals surface area contributed by atoms with Gasteiger partial charge in [-0.15, -0.1) is 0 Å². The fraction of sp³-hybridized carbons (Fsp3) is 0.357. The van der Waals surface area contributed by atoms with E-state index in [9.17, 15) is 23.1 Å². The summed E-state index contributed by atoms with van der Waals surface area (Å²) in [5.41, 5.74) is -1.83. The van der Waals surface area contributed by atoms with Crippen LogP contribution in [0.4, 0.5) is 13.2 Å². The Labute approximate surface area is 134 Å². The molecule has 0 radical (unpaired) electrons. The highest BCUT2D eigenvalue weighted by atomic mass is 32.2. The maximum absolute atomic E-state index is 13.0.